The molecule has 1 N–H and O–H groups in total. The highest BCUT2D eigenvalue weighted by Crippen LogP contribution is 2.31. The Morgan fingerprint density at radius 3 is 2.75 bits per heavy atom. The highest BCUT2D eigenvalue weighted by atomic mass is 16.4. The van der Waals surface area contributed by atoms with Crippen molar-refractivity contribution in [3.05, 3.63) is 64.1 Å². The van der Waals surface area contributed by atoms with Gasteiger partial charge in [0.1, 0.15) is 0 Å². The van der Waals surface area contributed by atoms with Crippen molar-refractivity contribution in [2.45, 2.75) is 71.1 Å². The zero-order valence-corrected chi connectivity index (χ0v) is 21.0. The van der Waals surface area contributed by atoms with E-state index in [1.54, 1.807) is 22.8 Å². The Morgan fingerprint density at radius 1 is 1.08 bits per heavy atom. The molecule has 0 aliphatic carbocycles. The maximum Gasteiger partial charge on any atom is 0.419 e. The molecule has 2 aliphatic rings. The first-order chi connectivity index (χ1) is 17.4. The molecule has 0 spiro atoms. The van der Waals surface area contributed by atoms with E-state index >= 15 is 0 Å². The molecule has 3 heterocycles. The zero-order chi connectivity index (χ0) is 25.2. The molecular formula is C28H34N4O4. The molecule has 2 atom stereocenters. The SMILES string of the molecule is CCn1c(=O)oc2cc(NC(=O)CN3CC[C@@H]4[C@@H]3CCCCC(=O)N4Cc3cccc(C)c3)ccc21. The number of fused-ring (bicyclic) bond motifs is 2. The Kier molecular flexibility index (Phi) is 6.96. The molecule has 2 aliphatic heterocycles. The first-order valence-corrected chi connectivity index (χ1v) is 12.9. The molecule has 0 radical (unpaired) electrons. The van der Waals surface area contributed by atoms with E-state index in [-0.39, 0.29) is 30.4 Å². The summed E-state index contributed by atoms with van der Waals surface area (Å²) in [6, 6.07) is 13.9. The second kappa shape index (κ2) is 10.3. The Balaban J connectivity index is 1.28. The molecular weight excluding hydrogens is 456 g/mol. The molecule has 5 rings (SSSR count). The van der Waals surface area contributed by atoms with Gasteiger partial charge in [-0.25, -0.2) is 4.79 Å². The van der Waals surface area contributed by atoms with E-state index in [1.165, 1.54) is 5.56 Å². The number of likely N-dealkylation sites (tertiary alicyclic amines) is 2. The molecule has 2 aromatic carbocycles. The molecule has 0 unspecified atom stereocenters. The van der Waals surface area contributed by atoms with Gasteiger partial charge in [0.2, 0.25) is 11.8 Å². The van der Waals surface area contributed by atoms with Crippen molar-refractivity contribution < 1.29 is 14.0 Å². The van der Waals surface area contributed by atoms with Crippen LogP contribution in [0.3, 0.4) is 0 Å². The third-order valence-electron chi connectivity index (χ3n) is 7.54. The lowest BCUT2D eigenvalue weighted by Gasteiger charge is -2.37. The topological polar surface area (TPSA) is 87.8 Å². The summed E-state index contributed by atoms with van der Waals surface area (Å²) in [6.07, 6.45) is 4.32. The first-order valence-electron chi connectivity index (χ1n) is 12.9. The predicted octanol–water partition coefficient (Wildman–Crippen LogP) is 3.91. The Labute approximate surface area is 210 Å². The van der Waals surface area contributed by atoms with Crippen LogP contribution in [0, 0.1) is 6.92 Å². The third-order valence-corrected chi connectivity index (χ3v) is 7.54. The molecule has 8 heteroatoms. The fourth-order valence-electron chi connectivity index (χ4n) is 5.83. The van der Waals surface area contributed by atoms with E-state index in [0.29, 0.717) is 30.8 Å². The summed E-state index contributed by atoms with van der Waals surface area (Å²) in [5.74, 6) is -0.287. The number of aromatic nitrogens is 1. The number of aryl methyl sites for hydroxylation is 2. The molecule has 2 amide bonds. The predicted molar refractivity (Wildman–Crippen MR) is 139 cm³/mol. The summed E-state index contributed by atoms with van der Waals surface area (Å²) in [4.78, 5) is 42.4. The fraction of sp³-hybridized carbons (Fsp3) is 0.464. The number of amides is 2. The van der Waals surface area contributed by atoms with Crippen molar-refractivity contribution >= 4 is 28.6 Å². The average Bonchev–Trinajstić information content (AvgIpc) is 3.37. The molecule has 36 heavy (non-hydrogen) atoms. The van der Waals surface area contributed by atoms with Crippen LogP contribution >= 0.6 is 0 Å². The minimum Gasteiger partial charge on any atom is -0.408 e. The van der Waals surface area contributed by atoms with Gasteiger partial charge in [0.15, 0.2) is 5.58 Å². The highest BCUT2D eigenvalue weighted by molar-refractivity contribution is 5.94. The molecule has 0 bridgehead atoms. The van der Waals surface area contributed by atoms with Gasteiger partial charge in [-0.2, -0.15) is 0 Å². The lowest BCUT2D eigenvalue weighted by molar-refractivity contribution is -0.135. The lowest BCUT2D eigenvalue weighted by atomic mass is 9.96. The van der Waals surface area contributed by atoms with Gasteiger partial charge in [0.05, 0.1) is 12.1 Å². The largest absolute Gasteiger partial charge is 0.419 e. The monoisotopic (exact) mass is 490 g/mol. The smallest absolute Gasteiger partial charge is 0.408 e. The summed E-state index contributed by atoms with van der Waals surface area (Å²) in [7, 11) is 0. The van der Waals surface area contributed by atoms with Crippen LogP contribution in [0.25, 0.3) is 11.1 Å². The summed E-state index contributed by atoms with van der Waals surface area (Å²) in [6.45, 7) is 6.16. The standard InChI is InChI=1S/C28H34N4O4/c1-3-31-24-12-11-21(16-25(24)36-28(31)35)29-26(33)18-30-14-13-23-22(30)9-4-5-10-27(34)32(23)17-20-8-6-7-19(2)15-20/h6-8,11-12,15-16,22-23H,3-5,9-10,13-14,17-18H2,1-2H3,(H,29,33)/t22-,23+/m0/s1. The van der Waals surface area contributed by atoms with Crippen LogP contribution in [0.4, 0.5) is 5.69 Å². The van der Waals surface area contributed by atoms with Gasteiger partial charge >= 0.3 is 5.76 Å². The maximum atomic E-state index is 13.1. The molecule has 3 aromatic rings. The van der Waals surface area contributed by atoms with Crippen LogP contribution < -0.4 is 11.1 Å². The van der Waals surface area contributed by atoms with E-state index in [4.69, 9.17) is 4.42 Å². The second-order valence-electron chi connectivity index (χ2n) is 9.99. The van der Waals surface area contributed by atoms with E-state index < -0.39 is 5.76 Å². The molecule has 2 fully saturated rings. The van der Waals surface area contributed by atoms with Crippen molar-refractivity contribution in [1.82, 2.24) is 14.4 Å². The van der Waals surface area contributed by atoms with E-state index in [9.17, 15) is 14.4 Å². The number of oxazole rings is 1. The van der Waals surface area contributed by atoms with Crippen LogP contribution in [-0.2, 0) is 22.7 Å². The van der Waals surface area contributed by atoms with Crippen molar-refractivity contribution in [2.75, 3.05) is 18.4 Å². The molecule has 190 valence electrons. The number of nitrogens with one attached hydrogen (secondary N) is 1. The minimum atomic E-state index is -0.395. The van der Waals surface area contributed by atoms with Gasteiger partial charge in [-0.1, -0.05) is 36.2 Å². The molecule has 2 saturated heterocycles. The third kappa shape index (κ3) is 4.95. The van der Waals surface area contributed by atoms with Gasteiger partial charge in [-0.3, -0.25) is 19.1 Å². The summed E-state index contributed by atoms with van der Waals surface area (Å²) >= 11 is 0. The number of anilines is 1. The van der Waals surface area contributed by atoms with Crippen LogP contribution in [0.1, 0.15) is 50.2 Å². The van der Waals surface area contributed by atoms with E-state index in [1.807, 2.05) is 13.0 Å². The van der Waals surface area contributed by atoms with Gasteiger partial charge in [-0.05, 0) is 50.8 Å². The fourth-order valence-corrected chi connectivity index (χ4v) is 5.83. The maximum absolute atomic E-state index is 13.1. The summed E-state index contributed by atoms with van der Waals surface area (Å²) < 4.78 is 6.89. The van der Waals surface area contributed by atoms with Crippen LogP contribution in [0.5, 0.6) is 0 Å². The zero-order valence-electron chi connectivity index (χ0n) is 21.0. The highest BCUT2D eigenvalue weighted by Gasteiger charge is 2.40. The summed E-state index contributed by atoms with van der Waals surface area (Å²) in [5.41, 5.74) is 4.13. The number of benzene rings is 2. The lowest BCUT2D eigenvalue weighted by Crippen LogP contribution is -2.49. The normalized spacial score (nSPS) is 20.8. The second-order valence-corrected chi connectivity index (χ2v) is 9.99. The number of hydrogen-bond donors (Lipinski definition) is 1. The van der Waals surface area contributed by atoms with Crippen molar-refractivity contribution in [2.24, 2.45) is 0 Å². The van der Waals surface area contributed by atoms with Gasteiger partial charge < -0.3 is 14.6 Å². The first kappa shape index (κ1) is 24.3. The number of nitrogens with zero attached hydrogens (tertiary/aromatic N) is 3. The van der Waals surface area contributed by atoms with E-state index in [2.05, 4.69) is 40.2 Å². The number of carbonyl (C=O) groups is 2. The summed E-state index contributed by atoms with van der Waals surface area (Å²) in [5, 5.41) is 2.96. The number of carbonyl (C=O) groups excluding carboxylic acids is 2. The number of hydrogen-bond acceptors (Lipinski definition) is 5. The molecule has 0 saturated carbocycles. The van der Waals surface area contributed by atoms with Crippen molar-refractivity contribution in [3.63, 3.8) is 0 Å². The van der Waals surface area contributed by atoms with Crippen molar-refractivity contribution in [3.8, 4) is 0 Å². The quantitative estimate of drug-likeness (QED) is 0.566. The minimum absolute atomic E-state index is 0.106. The average molecular weight is 491 g/mol. The number of rotatable bonds is 6. The molecule has 8 nitrogen and oxygen atoms in total. The Hall–Kier alpha value is -3.39. The Morgan fingerprint density at radius 2 is 1.94 bits per heavy atom. The van der Waals surface area contributed by atoms with Gasteiger partial charge in [-0.15, -0.1) is 0 Å². The van der Waals surface area contributed by atoms with Crippen LogP contribution in [0.15, 0.2) is 51.7 Å². The van der Waals surface area contributed by atoms with Gasteiger partial charge in [0.25, 0.3) is 0 Å². The van der Waals surface area contributed by atoms with E-state index in [0.717, 1.165) is 43.3 Å². The van der Waals surface area contributed by atoms with Crippen LogP contribution in [0.2, 0.25) is 0 Å². The molecule has 1 aromatic heterocycles. The van der Waals surface area contributed by atoms with Crippen molar-refractivity contribution in [1.29, 1.82) is 0 Å². The van der Waals surface area contributed by atoms with Crippen LogP contribution in [-0.4, -0.2) is 51.4 Å². The Bertz CT molecular complexity index is 1330. The van der Waals surface area contributed by atoms with Gasteiger partial charge in [0, 0.05) is 49.9 Å².